The molecule has 1 aromatic carbocycles. The SMILES string of the molecule is CC(OC(=O)C1CC(=O)N(Cc2ccco2)C1)C(=O)N1CCCc2ccccc21. The minimum atomic E-state index is -0.900. The molecular formula is C22H24N2O5. The number of likely N-dealkylation sites (tertiary alicyclic amines) is 1. The third-order valence-corrected chi connectivity index (χ3v) is 5.49. The normalized spacial score (nSPS) is 19.8. The van der Waals surface area contributed by atoms with Crippen molar-refractivity contribution in [2.75, 3.05) is 18.0 Å². The molecule has 29 heavy (non-hydrogen) atoms. The fraction of sp³-hybridized carbons (Fsp3) is 0.409. The molecule has 2 unspecified atom stereocenters. The number of carbonyl (C=O) groups is 3. The van der Waals surface area contributed by atoms with Gasteiger partial charge in [-0.2, -0.15) is 0 Å². The van der Waals surface area contributed by atoms with Crippen molar-refractivity contribution in [3.05, 3.63) is 54.0 Å². The number of aryl methyl sites for hydroxylation is 1. The van der Waals surface area contributed by atoms with Gasteiger partial charge in [0.1, 0.15) is 5.76 Å². The van der Waals surface area contributed by atoms with Crippen molar-refractivity contribution in [1.29, 1.82) is 0 Å². The van der Waals surface area contributed by atoms with Gasteiger partial charge in [-0.05, 0) is 43.5 Å². The van der Waals surface area contributed by atoms with Gasteiger partial charge in [0, 0.05) is 25.2 Å². The number of hydrogen-bond donors (Lipinski definition) is 0. The van der Waals surface area contributed by atoms with E-state index in [0.717, 1.165) is 24.1 Å². The second-order valence-electron chi connectivity index (χ2n) is 7.56. The van der Waals surface area contributed by atoms with Gasteiger partial charge in [0.05, 0.1) is 18.7 Å². The Balaban J connectivity index is 1.36. The Morgan fingerprint density at radius 3 is 2.86 bits per heavy atom. The standard InChI is InChI=1S/C22H24N2O5/c1-15(21(26)24-10-4-7-16-6-2-3-9-19(16)24)29-22(27)17-12-20(25)23(13-17)14-18-8-5-11-28-18/h2-3,5-6,8-9,11,15,17H,4,7,10,12-14H2,1H3. The van der Waals surface area contributed by atoms with Gasteiger partial charge in [-0.1, -0.05) is 18.2 Å². The van der Waals surface area contributed by atoms with E-state index >= 15 is 0 Å². The van der Waals surface area contributed by atoms with E-state index < -0.39 is 18.0 Å². The van der Waals surface area contributed by atoms with Gasteiger partial charge >= 0.3 is 5.97 Å². The van der Waals surface area contributed by atoms with E-state index in [9.17, 15) is 14.4 Å². The van der Waals surface area contributed by atoms with Crippen molar-refractivity contribution >= 4 is 23.5 Å². The van der Waals surface area contributed by atoms with Crippen LogP contribution in [0, 0.1) is 5.92 Å². The van der Waals surface area contributed by atoms with Gasteiger partial charge < -0.3 is 19.0 Å². The number of amides is 2. The summed E-state index contributed by atoms with van der Waals surface area (Å²) in [7, 11) is 0. The lowest BCUT2D eigenvalue weighted by atomic mass is 10.0. The molecule has 2 atom stereocenters. The fourth-order valence-electron chi connectivity index (χ4n) is 3.98. The third-order valence-electron chi connectivity index (χ3n) is 5.49. The average Bonchev–Trinajstić information content (AvgIpc) is 3.37. The van der Waals surface area contributed by atoms with Crippen molar-refractivity contribution < 1.29 is 23.5 Å². The molecule has 1 saturated heterocycles. The van der Waals surface area contributed by atoms with Crippen LogP contribution in [0.5, 0.6) is 0 Å². The number of esters is 1. The van der Waals surface area contributed by atoms with Gasteiger partial charge in [-0.15, -0.1) is 0 Å². The number of ether oxygens (including phenoxy) is 1. The molecule has 2 aromatic rings. The topological polar surface area (TPSA) is 80.1 Å². The van der Waals surface area contributed by atoms with Crippen molar-refractivity contribution in [1.82, 2.24) is 4.90 Å². The Labute approximate surface area is 169 Å². The molecule has 2 aliphatic rings. The van der Waals surface area contributed by atoms with Gasteiger partial charge in [0.2, 0.25) is 5.91 Å². The summed E-state index contributed by atoms with van der Waals surface area (Å²) < 4.78 is 10.7. The molecule has 2 amide bonds. The van der Waals surface area contributed by atoms with Crippen LogP contribution in [0.3, 0.4) is 0 Å². The highest BCUT2D eigenvalue weighted by atomic mass is 16.5. The largest absolute Gasteiger partial charge is 0.467 e. The highest BCUT2D eigenvalue weighted by Gasteiger charge is 2.37. The summed E-state index contributed by atoms with van der Waals surface area (Å²) in [5, 5.41) is 0. The molecule has 0 radical (unpaired) electrons. The highest BCUT2D eigenvalue weighted by molar-refractivity contribution is 5.98. The van der Waals surface area contributed by atoms with Crippen molar-refractivity contribution in [3.8, 4) is 0 Å². The zero-order chi connectivity index (χ0) is 20.4. The summed E-state index contributed by atoms with van der Waals surface area (Å²) in [6.45, 7) is 2.80. The molecule has 0 N–H and O–H groups in total. The molecule has 152 valence electrons. The van der Waals surface area contributed by atoms with Gasteiger partial charge in [-0.3, -0.25) is 14.4 Å². The van der Waals surface area contributed by atoms with Crippen LogP contribution in [0.25, 0.3) is 0 Å². The van der Waals surface area contributed by atoms with E-state index in [1.807, 2.05) is 24.3 Å². The van der Waals surface area contributed by atoms with Gasteiger partial charge in [0.15, 0.2) is 6.10 Å². The second-order valence-corrected chi connectivity index (χ2v) is 7.56. The monoisotopic (exact) mass is 396 g/mol. The van der Waals surface area contributed by atoms with Crippen LogP contribution in [0.1, 0.15) is 31.1 Å². The predicted molar refractivity (Wildman–Crippen MR) is 105 cm³/mol. The average molecular weight is 396 g/mol. The van der Waals surface area contributed by atoms with E-state index in [0.29, 0.717) is 18.8 Å². The first-order valence-electron chi connectivity index (χ1n) is 9.93. The number of para-hydroxylation sites is 1. The lowest BCUT2D eigenvalue weighted by Gasteiger charge is -2.31. The van der Waals surface area contributed by atoms with Crippen LogP contribution in [-0.4, -0.2) is 41.9 Å². The molecule has 0 spiro atoms. The van der Waals surface area contributed by atoms with Crippen LogP contribution in [0.4, 0.5) is 5.69 Å². The first kappa shape index (κ1) is 19.2. The maximum absolute atomic E-state index is 12.9. The van der Waals surface area contributed by atoms with Crippen molar-refractivity contribution in [2.24, 2.45) is 5.92 Å². The maximum Gasteiger partial charge on any atom is 0.312 e. The molecule has 3 heterocycles. The van der Waals surface area contributed by atoms with E-state index in [4.69, 9.17) is 9.15 Å². The second kappa shape index (κ2) is 8.11. The van der Waals surface area contributed by atoms with Crippen LogP contribution < -0.4 is 4.90 Å². The Hall–Kier alpha value is -3.09. The fourth-order valence-corrected chi connectivity index (χ4v) is 3.98. The van der Waals surface area contributed by atoms with Crippen LogP contribution in [0.15, 0.2) is 47.1 Å². The van der Waals surface area contributed by atoms with Crippen LogP contribution in [0.2, 0.25) is 0 Å². The molecule has 4 rings (SSSR count). The summed E-state index contributed by atoms with van der Waals surface area (Å²) >= 11 is 0. The predicted octanol–water partition coefficient (Wildman–Crippen LogP) is 2.54. The summed E-state index contributed by atoms with van der Waals surface area (Å²) in [6, 6.07) is 11.3. The quantitative estimate of drug-likeness (QED) is 0.726. The van der Waals surface area contributed by atoms with Gasteiger partial charge in [-0.25, -0.2) is 0 Å². The number of rotatable bonds is 5. The molecular weight excluding hydrogens is 372 g/mol. The third kappa shape index (κ3) is 4.04. The van der Waals surface area contributed by atoms with E-state index in [-0.39, 0.29) is 24.8 Å². The van der Waals surface area contributed by atoms with Crippen LogP contribution >= 0.6 is 0 Å². The number of anilines is 1. The Kier molecular flexibility index (Phi) is 5.38. The van der Waals surface area contributed by atoms with E-state index in [2.05, 4.69) is 0 Å². The molecule has 7 heteroatoms. The number of fused-ring (bicyclic) bond motifs is 1. The number of benzene rings is 1. The Bertz CT molecular complexity index is 908. The summed E-state index contributed by atoms with van der Waals surface area (Å²) in [6.07, 6.45) is 2.55. The lowest BCUT2D eigenvalue weighted by molar-refractivity contribution is -0.157. The number of nitrogens with zero attached hydrogens (tertiary/aromatic N) is 2. The van der Waals surface area contributed by atoms with Crippen molar-refractivity contribution in [2.45, 2.75) is 38.8 Å². The number of carbonyl (C=O) groups excluding carboxylic acids is 3. The number of hydrogen-bond acceptors (Lipinski definition) is 5. The zero-order valence-corrected chi connectivity index (χ0v) is 16.4. The molecule has 0 aliphatic carbocycles. The summed E-state index contributed by atoms with van der Waals surface area (Å²) in [5.41, 5.74) is 2.01. The van der Waals surface area contributed by atoms with Crippen LogP contribution in [-0.2, 0) is 32.1 Å². The first-order valence-corrected chi connectivity index (χ1v) is 9.93. The van der Waals surface area contributed by atoms with E-state index in [1.165, 1.54) is 0 Å². The number of furan rings is 1. The highest BCUT2D eigenvalue weighted by Crippen LogP contribution is 2.28. The molecule has 7 nitrogen and oxygen atoms in total. The summed E-state index contributed by atoms with van der Waals surface area (Å²) in [4.78, 5) is 41.0. The molecule has 1 fully saturated rings. The minimum Gasteiger partial charge on any atom is -0.467 e. The molecule has 0 saturated carbocycles. The summed E-state index contributed by atoms with van der Waals surface area (Å²) in [5.74, 6) is -0.762. The van der Waals surface area contributed by atoms with Gasteiger partial charge in [0.25, 0.3) is 5.91 Å². The zero-order valence-electron chi connectivity index (χ0n) is 16.4. The molecule has 0 bridgehead atoms. The minimum absolute atomic E-state index is 0.0903. The smallest absolute Gasteiger partial charge is 0.312 e. The van der Waals surface area contributed by atoms with Crippen molar-refractivity contribution in [3.63, 3.8) is 0 Å². The molecule has 1 aromatic heterocycles. The first-order chi connectivity index (χ1) is 14.0. The molecule has 2 aliphatic heterocycles. The Morgan fingerprint density at radius 1 is 1.24 bits per heavy atom. The maximum atomic E-state index is 12.9. The Morgan fingerprint density at radius 2 is 2.07 bits per heavy atom. The van der Waals surface area contributed by atoms with E-state index in [1.54, 1.807) is 35.1 Å². The lowest BCUT2D eigenvalue weighted by Crippen LogP contribution is -2.43.